The van der Waals surface area contributed by atoms with E-state index in [1.54, 1.807) is 0 Å². The number of carboxylic acid groups (broad SMARTS) is 1. The lowest BCUT2D eigenvalue weighted by molar-refractivity contribution is -0.386. The number of carbonyl (C=O) groups is 2. The van der Waals surface area contributed by atoms with Gasteiger partial charge in [-0.3, -0.25) is 24.7 Å². The maximum absolute atomic E-state index is 11.5. The van der Waals surface area contributed by atoms with Crippen molar-refractivity contribution in [2.75, 3.05) is 6.61 Å². The monoisotopic (exact) mass is 254 g/mol. The normalized spacial score (nSPS) is 11.6. The van der Waals surface area contributed by atoms with Gasteiger partial charge in [-0.05, 0) is 13.0 Å². The van der Waals surface area contributed by atoms with Gasteiger partial charge in [0.1, 0.15) is 6.20 Å². The molecular formula is C10H10N2O6. The van der Waals surface area contributed by atoms with Crippen LogP contribution in [0.1, 0.15) is 18.4 Å². The molecule has 1 unspecified atom stereocenters. The Kier molecular flexibility index (Phi) is 4.30. The molecule has 0 saturated heterocycles. The van der Waals surface area contributed by atoms with Gasteiger partial charge in [0.2, 0.25) is 0 Å². The van der Waals surface area contributed by atoms with E-state index in [1.165, 1.54) is 13.1 Å². The van der Waals surface area contributed by atoms with Gasteiger partial charge in [-0.1, -0.05) is 0 Å². The van der Waals surface area contributed by atoms with Gasteiger partial charge in [0.25, 0.3) is 5.69 Å². The minimum absolute atomic E-state index is 0.0124. The summed E-state index contributed by atoms with van der Waals surface area (Å²) in [6.45, 7) is 1.50. The maximum atomic E-state index is 11.5. The zero-order valence-electron chi connectivity index (χ0n) is 9.40. The van der Waals surface area contributed by atoms with Crippen molar-refractivity contribution >= 4 is 17.6 Å². The number of aliphatic carboxylic acids is 1. The Bertz CT molecular complexity index is 487. The Labute approximate surface area is 101 Å². The van der Waals surface area contributed by atoms with Crippen LogP contribution in [0.2, 0.25) is 0 Å². The van der Waals surface area contributed by atoms with E-state index in [-0.39, 0.29) is 12.2 Å². The van der Waals surface area contributed by atoms with Crippen molar-refractivity contribution in [1.82, 2.24) is 4.98 Å². The third kappa shape index (κ3) is 2.78. The molecule has 0 radical (unpaired) electrons. The predicted molar refractivity (Wildman–Crippen MR) is 57.9 cm³/mol. The van der Waals surface area contributed by atoms with Crippen LogP contribution in [-0.2, 0) is 14.3 Å². The topological polar surface area (TPSA) is 120 Å². The lowest BCUT2D eigenvalue weighted by Crippen LogP contribution is -2.24. The van der Waals surface area contributed by atoms with Gasteiger partial charge < -0.3 is 9.84 Å². The van der Waals surface area contributed by atoms with Gasteiger partial charge in [-0.15, -0.1) is 0 Å². The van der Waals surface area contributed by atoms with Crippen molar-refractivity contribution in [2.24, 2.45) is 0 Å². The highest BCUT2D eigenvalue weighted by Crippen LogP contribution is 2.26. The summed E-state index contributed by atoms with van der Waals surface area (Å²) in [5.74, 6) is -4.28. The van der Waals surface area contributed by atoms with E-state index in [1.807, 2.05) is 0 Å². The first kappa shape index (κ1) is 13.6. The number of hydrogen-bond donors (Lipinski definition) is 1. The minimum Gasteiger partial charge on any atom is -0.480 e. The van der Waals surface area contributed by atoms with Crippen molar-refractivity contribution in [3.8, 4) is 0 Å². The summed E-state index contributed by atoms with van der Waals surface area (Å²) < 4.78 is 4.59. The molecule has 0 spiro atoms. The van der Waals surface area contributed by atoms with Crippen molar-refractivity contribution in [2.45, 2.75) is 12.8 Å². The van der Waals surface area contributed by atoms with Crippen LogP contribution >= 0.6 is 0 Å². The summed E-state index contributed by atoms with van der Waals surface area (Å²) in [4.78, 5) is 36.0. The maximum Gasteiger partial charge on any atom is 0.325 e. The van der Waals surface area contributed by atoms with Crippen LogP contribution in [0.3, 0.4) is 0 Å². The SMILES string of the molecule is CCOC(=O)C(C(=O)O)c1ccncc1[N+](=O)[O-]. The van der Waals surface area contributed by atoms with Crippen molar-refractivity contribution in [1.29, 1.82) is 0 Å². The van der Waals surface area contributed by atoms with Crippen molar-refractivity contribution < 1.29 is 24.4 Å². The van der Waals surface area contributed by atoms with Crippen molar-refractivity contribution in [3.05, 3.63) is 34.1 Å². The van der Waals surface area contributed by atoms with Gasteiger partial charge in [0.05, 0.1) is 17.1 Å². The average molecular weight is 254 g/mol. The molecule has 1 rings (SSSR count). The fourth-order valence-corrected chi connectivity index (χ4v) is 1.38. The molecule has 0 aliphatic carbocycles. The fraction of sp³-hybridized carbons (Fsp3) is 0.300. The smallest absolute Gasteiger partial charge is 0.325 e. The number of aromatic nitrogens is 1. The Morgan fingerprint density at radius 1 is 1.61 bits per heavy atom. The molecule has 0 aromatic carbocycles. The summed E-state index contributed by atoms with van der Waals surface area (Å²) in [5, 5.41) is 19.7. The molecule has 1 aromatic rings. The van der Waals surface area contributed by atoms with Crippen LogP contribution in [0.5, 0.6) is 0 Å². The molecule has 0 fully saturated rings. The summed E-state index contributed by atoms with van der Waals surface area (Å²) >= 11 is 0. The predicted octanol–water partition coefficient (Wildman–Crippen LogP) is 0.721. The minimum atomic E-state index is -1.73. The molecule has 0 aliphatic heterocycles. The molecule has 96 valence electrons. The molecule has 1 N–H and O–H groups in total. The van der Waals surface area contributed by atoms with E-state index in [0.29, 0.717) is 0 Å². The van der Waals surface area contributed by atoms with E-state index >= 15 is 0 Å². The van der Waals surface area contributed by atoms with E-state index in [9.17, 15) is 19.7 Å². The van der Waals surface area contributed by atoms with E-state index in [4.69, 9.17) is 5.11 Å². The number of ether oxygens (including phenoxy) is 1. The number of carbonyl (C=O) groups excluding carboxylic acids is 1. The van der Waals surface area contributed by atoms with Crippen LogP contribution in [-0.4, -0.2) is 33.6 Å². The van der Waals surface area contributed by atoms with Gasteiger partial charge in [0.15, 0.2) is 5.92 Å². The first-order valence-electron chi connectivity index (χ1n) is 4.96. The van der Waals surface area contributed by atoms with E-state index in [0.717, 1.165) is 12.3 Å². The zero-order chi connectivity index (χ0) is 13.7. The second-order valence-electron chi connectivity index (χ2n) is 3.21. The summed E-state index contributed by atoms with van der Waals surface area (Å²) in [6.07, 6.45) is 2.07. The molecule has 8 nitrogen and oxygen atoms in total. The van der Waals surface area contributed by atoms with Crippen LogP contribution in [0.4, 0.5) is 5.69 Å². The van der Waals surface area contributed by atoms with Gasteiger partial charge in [0, 0.05) is 6.20 Å². The van der Waals surface area contributed by atoms with Crippen LogP contribution in [0.15, 0.2) is 18.5 Å². The highest BCUT2D eigenvalue weighted by molar-refractivity contribution is 6.00. The first-order valence-corrected chi connectivity index (χ1v) is 4.96. The Morgan fingerprint density at radius 3 is 2.78 bits per heavy atom. The van der Waals surface area contributed by atoms with Gasteiger partial charge in [-0.25, -0.2) is 0 Å². The van der Waals surface area contributed by atoms with E-state index in [2.05, 4.69) is 9.72 Å². The average Bonchev–Trinajstić information content (AvgIpc) is 2.29. The number of esters is 1. The molecular weight excluding hydrogens is 244 g/mol. The standard InChI is InChI=1S/C10H10N2O6/c1-2-18-10(15)8(9(13)14)6-3-4-11-5-7(6)12(16)17/h3-5,8H,2H2,1H3,(H,13,14). The molecule has 1 aromatic heterocycles. The van der Waals surface area contributed by atoms with E-state index < -0.39 is 28.5 Å². The molecule has 0 saturated carbocycles. The number of hydrogen-bond acceptors (Lipinski definition) is 6. The summed E-state index contributed by atoms with van der Waals surface area (Å²) in [5.41, 5.74) is -0.779. The lowest BCUT2D eigenvalue weighted by Gasteiger charge is -2.11. The molecule has 1 heterocycles. The number of carboxylic acids is 1. The molecule has 0 aliphatic rings. The number of rotatable bonds is 5. The number of nitrogens with zero attached hydrogens (tertiary/aromatic N) is 2. The largest absolute Gasteiger partial charge is 0.480 e. The fourth-order valence-electron chi connectivity index (χ4n) is 1.38. The molecule has 1 atom stereocenters. The first-order chi connectivity index (χ1) is 8.49. The van der Waals surface area contributed by atoms with Crippen LogP contribution in [0, 0.1) is 10.1 Å². The Morgan fingerprint density at radius 2 is 2.28 bits per heavy atom. The third-order valence-electron chi connectivity index (χ3n) is 2.11. The second-order valence-corrected chi connectivity index (χ2v) is 3.21. The van der Waals surface area contributed by atoms with Crippen LogP contribution in [0.25, 0.3) is 0 Å². The highest BCUT2D eigenvalue weighted by atomic mass is 16.6. The molecule has 18 heavy (non-hydrogen) atoms. The third-order valence-corrected chi connectivity index (χ3v) is 2.11. The van der Waals surface area contributed by atoms with Crippen LogP contribution < -0.4 is 0 Å². The number of nitro groups is 1. The Hall–Kier alpha value is -2.51. The molecule has 0 amide bonds. The van der Waals surface area contributed by atoms with Gasteiger partial charge in [-0.2, -0.15) is 0 Å². The zero-order valence-corrected chi connectivity index (χ0v) is 9.40. The molecule has 8 heteroatoms. The second kappa shape index (κ2) is 5.71. The summed E-state index contributed by atoms with van der Waals surface area (Å²) in [7, 11) is 0. The number of pyridine rings is 1. The molecule has 0 bridgehead atoms. The summed E-state index contributed by atoms with van der Waals surface area (Å²) in [6, 6.07) is 1.12. The lowest BCUT2D eigenvalue weighted by atomic mass is 9.99. The van der Waals surface area contributed by atoms with Gasteiger partial charge >= 0.3 is 11.9 Å². The quantitative estimate of drug-likeness (QED) is 0.355. The highest BCUT2D eigenvalue weighted by Gasteiger charge is 2.35. The van der Waals surface area contributed by atoms with Crippen molar-refractivity contribution in [3.63, 3.8) is 0 Å². The Balaban J connectivity index is 3.26.